The lowest BCUT2D eigenvalue weighted by atomic mass is 10.1. The summed E-state index contributed by atoms with van der Waals surface area (Å²) in [6.07, 6.45) is 5.79. The van der Waals surface area contributed by atoms with Crippen LogP contribution < -0.4 is 10.6 Å². The van der Waals surface area contributed by atoms with Crippen LogP contribution in [0.15, 0.2) is 0 Å². The Kier molecular flexibility index (Phi) is 4.90. The molecule has 2 heteroatoms. The van der Waals surface area contributed by atoms with E-state index in [-0.39, 0.29) is 5.54 Å². The van der Waals surface area contributed by atoms with Gasteiger partial charge in [0.25, 0.3) is 0 Å². The maximum atomic E-state index is 3.48. The minimum absolute atomic E-state index is 0.260. The van der Waals surface area contributed by atoms with Crippen LogP contribution in [0.1, 0.15) is 46.5 Å². The van der Waals surface area contributed by atoms with Crippen molar-refractivity contribution in [2.75, 3.05) is 19.6 Å². The molecule has 0 aromatic heterocycles. The molecule has 0 saturated heterocycles. The van der Waals surface area contributed by atoms with Crippen LogP contribution in [-0.4, -0.2) is 25.2 Å². The molecule has 1 saturated carbocycles. The van der Waals surface area contributed by atoms with Gasteiger partial charge in [0.05, 0.1) is 0 Å². The maximum Gasteiger partial charge on any atom is 0.00970 e. The highest BCUT2D eigenvalue weighted by Gasteiger charge is 2.19. The van der Waals surface area contributed by atoms with Crippen molar-refractivity contribution in [3.8, 4) is 0 Å². The second-order valence-corrected chi connectivity index (χ2v) is 5.51. The summed E-state index contributed by atoms with van der Waals surface area (Å²) < 4.78 is 0. The Hall–Kier alpha value is -0.0800. The van der Waals surface area contributed by atoms with Gasteiger partial charge in [-0.1, -0.05) is 12.8 Å². The molecule has 0 atom stereocenters. The molecule has 0 bridgehead atoms. The molecule has 2 N–H and O–H groups in total. The van der Waals surface area contributed by atoms with E-state index in [1.165, 1.54) is 32.2 Å². The molecule has 1 aliphatic rings. The van der Waals surface area contributed by atoms with E-state index in [1.807, 2.05) is 0 Å². The van der Waals surface area contributed by atoms with Gasteiger partial charge in [-0.2, -0.15) is 0 Å². The summed E-state index contributed by atoms with van der Waals surface area (Å²) in [5, 5.41) is 6.95. The highest BCUT2D eigenvalue weighted by atomic mass is 15.0. The zero-order chi connectivity index (χ0) is 10.4. The van der Waals surface area contributed by atoms with Gasteiger partial charge in [-0.05, 0) is 46.1 Å². The van der Waals surface area contributed by atoms with Crippen molar-refractivity contribution in [1.29, 1.82) is 0 Å². The molecule has 0 heterocycles. The van der Waals surface area contributed by atoms with Crippen LogP contribution in [0.25, 0.3) is 0 Å². The van der Waals surface area contributed by atoms with Crippen LogP contribution >= 0.6 is 0 Å². The molecular weight excluding hydrogens is 172 g/mol. The fourth-order valence-corrected chi connectivity index (χ4v) is 1.57. The molecule has 0 unspecified atom stereocenters. The van der Waals surface area contributed by atoms with Crippen LogP contribution in [0, 0.1) is 5.92 Å². The van der Waals surface area contributed by atoms with Crippen LogP contribution in [0.4, 0.5) is 0 Å². The fraction of sp³-hybridized carbons (Fsp3) is 1.00. The van der Waals surface area contributed by atoms with Crippen molar-refractivity contribution in [2.24, 2.45) is 5.92 Å². The van der Waals surface area contributed by atoms with Gasteiger partial charge in [0.2, 0.25) is 0 Å². The first kappa shape index (κ1) is 12.0. The van der Waals surface area contributed by atoms with Crippen molar-refractivity contribution in [3.05, 3.63) is 0 Å². The van der Waals surface area contributed by atoms with E-state index < -0.39 is 0 Å². The molecule has 0 aromatic rings. The highest BCUT2D eigenvalue weighted by Crippen LogP contribution is 2.33. The number of hydrogen-bond donors (Lipinski definition) is 2. The largest absolute Gasteiger partial charge is 0.315 e. The van der Waals surface area contributed by atoms with Gasteiger partial charge < -0.3 is 10.6 Å². The molecule has 1 rings (SSSR count). The van der Waals surface area contributed by atoms with Gasteiger partial charge in [-0.3, -0.25) is 0 Å². The standard InChI is InChI=1S/C12H26N2/c1-12(2,3)14-10-9-13-8-4-5-11-6-7-11/h11,13-14H,4-10H2,1-3H3. The smallest absolute Gasteiger partial charge is 0.00970 e. The quantitative estimate of drug-likeness (QED) is 0.613. The first-order chi connectivity index (χ1) is 6.58. The zero-order valence-corrected chi connectivity index (χ0v) is 10.0. The van der Waals surface area contributed by atoms with Crippen LogP contribution in [0.2, 0.25) is 0 Å². The molecular formula is C12H26N2. The van der Waals surface area contributed by atoms with Crippen molar-refractivity contribution in [3.63, 3.8) is 0 Å². The summed E-state index contributed by atoms with van der Waals surface area (Å²) in [5.74, 6) is 1.09. The van der Waals surface area contributed by atoms with Crippen LogP contribution in [0.5, 0.6) is 0 Å². The van der Waals surface area contributed by atoms with Crippen LogP contribution in [0.3, 0.4) is 0 Å². The van der Waals surface area contributed by atoms with E-state index >= 15 is 0 Å². The van der Waals surface area contributed by atoms with Crippen molar-refractivity contribution >= 4 is 0 Å². The first-order valence-corrected chi connectivity index (χ1v) is 6.04. The number of hydrogen-bond acceptors (Lipinski definition) is 2. The molecule has 0 aromatic carbocycles. The van der Waals surface area contributed by atoms with Gasteiger partial charge in [0.15, 0.2) is 0 Å². The van der Waals surface area contributed by atoms with Crippen LogP contribution in [-0.2, 0) is 0 Å². The monoisotopic (exact) mass is 198 g/mol. The fourth-order valence-electron chi connectivity index (χ4n) is 1.57. The lowest BCUT2D eigenvalue weighted by Gasteiger charge is -2.20. The van der Waals surface area contributed by atoms with Gasteiger partial charge in [0, 0.05) is 18.6 Å². The first-order valence-electron chi connectivity index (χ1n) is 6.04. The Labute approximate surface area is 88.8 Å². The molecule has 0 amide bonds. The van der Waals surface area contributed by atoms with E-state index in [1.54, 1.807) is 0 Å². The average Bonchev–Trinajstić information content (AvgIpc) is 2.84. The zero-order valence-electron chi connectivity index (χ0n) is 10.0. The average molecular weight is 198 g/mol. The Morgan fingerprint density at radius 3 is 2.36 bits per heavy atom. The summed E-state index contributed by atoms with van der Waals surface area (Å²) in [7, 11) is 0. The van der Waals surface area contributed by atoms with Gasteiger partial charge in [-0.15, -0.1) is 0 Å². The second kappa shape index (κ2) is 5.72. The minimum atomic E-state index is 0.260. The summed E-state index contributed by atoms with van der Waals surface area (Å²) >= 11 is 0. The third kappa shape index (κ3) is 7.34. The number of rotatable bonds is 7. The van der Waals surface area contributed by atoms with Crippen molar-refractivity contribution in [1.82, 2.24) is 10.6 Å². The van der Waals surface area contributed by atoms with Gasteiger partial charge in [0.1, 0.15) is 0 Å². The molecule has 1 aliphatic carbocycles. The molecule has 0 spiro atoms. The lowest BCUT2D eigenvalue weighted by molar-refractivity contribution is 0.420. The predicted molar refractivity (Wildman–Crippen MR) is 62.6 cm³/mol. The molecule has 2 nitrogen and oxygen atoms in total. The van der Waals surface area contributed by atoms with E-state index in [4.69, 9.17) is 0 Å². The Bertz CT molecular complexity index is 145. The molecule has 1 fully saturated rings. The van der Waals surface area contributed by atoms with E-state index in [2.05, 4.69) is 31.4 Å². The van der Waals surface area contributed by atoms with E-state index in [0.29, 0.717) is 0 Å². The summed E-state index contributed by atoms with van der Waals surface area (Å²) in [6, 6.07) is 0. The van der Waals surface area contributed by atoms with Gasteiger partial charge in [-0.25, -0.2) is 0 Å². The normalized spacial score (nSPS) is 17.4. The van der Waals surface area contributed by atoms with E-state index in [9.17, 15) is 0 Å². The van der Waals surface area contributed by atoms with E-state index in [0.717, 1.165) is 19.0 Å². The topological polar surface area (TPSA) is 24.1 Å². The third-order valence-electron chi connectivity index (χ3n) is 2.62. The molecule has 84 valence electrons. The number of nitrogens with one attached hydrogen (secondary N) is 2. The minimum Gasteiger partial charge on any atom is -0.315 e. The Morgan fingerprint density at radius 2 is 1.79 bits per heavy atom. The second-order valence-electron chi connectivity index (χ2n) is 5.51. The molecule has 0 aliphatic heterocycles. The Morgan fingerprint density at radius 1 is 1.07 bits per heavy atom. The van der Waals surface area contributed by atoms with Crippen molar-refractivity contribution in [2.45, 2.75) is 52.0 Å². The summed E-state index contributed by atoms with van der Waals surface area (Å²) in [6.45, 7) is 10.00. The lowest BCUT2D eigenvalue weighted by Crippen LogP contribution is -2.40. The molecule has 14 heavy (non-hydrogen) atoms. The summed E-state index contributed by atoms with van der Waals surface area (Å²) in [4.78, 5) is 0. The third-order valence-corrected chi connectivity index (χ3v) is 2.62. The molecule has 0 radical (unpaired) electrons. The van der Waals surface area contributed by atoms with Gasteiger partial charge >= 0.3 is 0 Å². The van der Waals surface area contributed by atoms with Crippen molar-refractivity contribution < 1.29 is 0 Å². The maximum absolute atomic E-state index is 3.48. The predicted octanol–water partition coefficient (Wildman–Crippen LogP) is 2.15. The Balaban J connectivity index is 1.75. The summed E-state index contributed by atoms with van der Waals surface area (Å²) in [5.41, 5.74) is 0.260. The SMILES string of the molecule is CC(C)(C)NCCNCCCC1CC1. The highest BCUT2D eigenvalue weighted by molar-refractivity contribution is 4.73.